The van der Waals surface area contributed by atoms with Gasteiger partial charge in [0.25, 0.3) is 5.91 Å². The number of aliphatic hydroxyl groups excluding tert-OH is 1. The highest BCUT2D eigenvalue weighted by Crippen LogP contribution is 2.16. The number of aliphatic hydroxyl groups is 1. The molecule has 1 fully saturated rings. The number of morpholine rings is 1. The average molecular weight is 348 g/mol. The zero-order chi connectivity index (χ0) is 18.6. The first-order chi connectivity index (χ1) is 11.8. The van der Waals surface area contributed by atoms with Gasteiger partial charge in [0.2, 0.25) is 0 Å². The molecule has 140 valence electrons. The van der Waals surface area contributed by atoms with E-state index < -0.39 is 6.10 Å². The molecular formula is C20H32N2O3. The van der Waals surface area contributed by atoms with Gasteiger partial charge in [-0.3, -0.25) is 9.69 Å². The molecular weight excluding hydrogens is 316 g/mol. The van der Waals surface area contributed by atoms with Crippen molar-refractivity contribution in [3.05, 3.63) is 35.4 Å². The van der Waals surface area contributed by atoms with Crippen LogP contribution in [0, 0.1) is 0 Å². The maximum atomic E-state index is 12.7. The summed E-state index contributed by atoms with van der Waals surface area (Å²) in [5, 5.41) is 9.63. The number of hydrogen-bond donors (Lipinski definition) is 1. The molecule has 1 N–H and O–H groups in total. The number of carbonyl (C=O) groups is 1. The molecule has 0 saturated carbocycles. The first-order valence-corrected chi connectivity index (χ1v) is 9.22. The Morgan fingerprint density at radius 3 is 2.24 bits per heavy atom. The Kier molecular flexibility index (Phi) is 6.99. The van der Waals surface area contributed by atoms with Crippen molar-refractivity contribution in [2.45, 2.75) is 65.5 Å². The molecule has 1 aliphatic rings. The first-order valence-electron chi connectivity index (χ1n) is 9.22. The minimum Gasteiger partial charge on any atom is -0.392 e. The number of ether oxygens (including phenoxy) is 1. The summed E-state index contributed by atoms with van der Waals surface area (Å²) in [7, 11) is 0. The lowest BCUT2D eigenvalue weighted by atomic mass is 10.1. The van der Waals surface area contributed by atoms with Crippen LogP contribution in [0.5, 0.6) is 0 Å². The van der Waals surface area contributed by atoms with Crippen LogP contribution in [0.2, 0.25) is 0 Å². The molecule has 1 aromatic carbocycles. The number of benzene rings is 1. The van der Waals surface area contributed by atoms with Crippen LogP contribution in [0.3, 0.4) is 0 Å². The lowest BCUT2D eigenvalue weighted by molar-refractivity contribution is -0.0704. The second-order valence-corrected chi connectivity index (χ2v) is 7.55. The van der Waals surface area contributed by atoms with Gasteiger partial charge in [-0.1, -0.05) is 12.1 Å². The maximum Gasteiger partial charge on any atom is 0.254 e. The summed E-state index contributed by atoms with van der Waals surface area (Å²) in [6.07, 6.45) is -0.0229. The zero-order valence-electron chi connectivity index (χ0n) is 16.1. The molecule has 0 spiro atoms. The summed E-state index contributed by atoms with van der Waals surface area (Å²) < 4.78 is 5.77. The highest BCUT2D eigenvalue weighted by Gasteiger charge is 2.23. The second kappa shape index (κ2) is 8.79. The van der Waals surface area contributed by atoms with Gasteiger partial charge in [0.1, 0.15) is 0 Å². The van der Waals surface area contributed by atoms with Gasteiger partial charge >= 0.3 is 0 Å². The number of amides is 1. The SMILES string of the molecule is CC(O)CN(C(=O)c1ccc(CN2CC(C)OC(C)C2)cc1)C(C)C. The Labute approximate surface area is 151 Å². The normalized spacial score (nSPS) is 22.8. The van der Waals surface area contributed by atoms with E-state index in [4.69, 9.17) is 4.74 Å². The smallest absolute Gasteiger partial charge is 0.254 e. The minimum absolute atomic E-state index is 0.0314. The fraction of sp³-hybridized carbons (Fsp3) is 0.650. The first kappa shape index (κ1) is 19.9. The van der Waals surface area contributed by atoms with Gasteiger partial charge in [-0.05, 0) is 52.3 Å². The van der Waals surface area contributed by atoms with Gasteiger partial charge in [0.15, 0.2) is 0 Å². The molecule has 0 radical (unpaired) electrons. The number of hydrogen-bond acceptors (Lipinski definition) is 4. The van der Waals surface area contributed by atoms with Crippen LogP contribution in [-0.4, -0.2) is 64.8 Å². The van der Waals surface area contributed by atoms with Crippen molar-refractivity contribution in [2.24, 2.45) is 0 Å². The molecule has 2 rings (SSSR count). The topological polar surface area (TPSA) is 53.0 Å². The highest BCUT2D eigenvalue weighted by molar-refractivity contribution is 5.94. The maximum absolute atomic E-state index is 12.7. The van der Waals surface area contributed by atoms with Crippen molar-refractivity contribution < 1.29 is 14.6 Å². The molecule has 1 aromatic rings. The van der Waals surface area contributed by atoms with Crippen molar-refractivity contribution in [2.75, 3.05) is 19.6 Å². The number of rotatable bonds is 6. The second-order valence-electron chi connectivity index (χ2n) is 7.55. The van der Waals surface area contributed by atoms with Crippen molar-refractivity contribution in [1.82, 2.24) is 9.80 Å². The lowest BCUT2D eigenvalue weighted by Crippen LogP contribution is -2.44. The van der Waals surface area contributed by atoms with Gasteiger partial charge in [-0.2, -0.15) is 0 Å². The zero-order valence-corrected chi connectivity index (χ0v) is 16.1. The Morgan fingerprint density at radius 2 is 1.76 bits per heavy atom. The third kappa shape index (κ3) is 5.80. The number of nitrogens with zero attached hydrogens (tertiary/aromatic N) is 2. The Bertz CT molecular complexity index is 547. The van der Waals surface area contributed by atoms with Crippen LogP contribution in [0.1, 0.15) is 50.5 Å². The van der Waals surface area contributed by atoms with Gasteiger partial charge in [-0.15, -0.1) is 0 Å². The molecule has 3 unspecified atom stereocenters. The largest absolute Gasteiger partial charge is 0.392 e. The van der Waals surface area contributed by atoms with E-state index >= 15 is 0 Å². The summed E-state index contributed by atoms with van der Waals surface area (Å²) in [6.45, 7) is 12.9. The Hall–Kier alpha value is -1.43. The van der Waals surface area contributed by atoms with E-state index in [0.29, 0.717) is 12.1 Å². The molecule has 5 heteroatoms. The average Bonchev–Trinajstić information content (AvgIpc) is 2.51. The van der Waals surface area contributed by atoms with Crippen LogP contribution >= 0.6 is 0 Å². The van der Waals surface area contributed by atoms with E-state index in [1.165, 1.54) is 5.56 Å². The van der Waals surface area contributed by atoms with Gasteiger partial charge in [0.05, 0.1) is 18.3 Å². The Morgan fingerprint density at radius 1 is 1.20 bits per heavy atom. The van der Waals surface area contributed by atoms with E-state index in [0.717, 1.165) is 19.6 Å². The predicted octanol–water partition coefficient (Wildman–Crippen LogP) is 2.53. The monoisotopic (exact) mass is 348 g/mol. The van der Waals surface area contributed by atoms with E-state index in [9.17, 15) is 9.90 Å². The Balaban J connectivity index is 2.02. The third-order valence-corrected chi connectivity index (χ3v) is 4.45. The van der Waals surface area contributed by atoms with Crippen LogP contribution in [0.25, 0.3) is 0 Å². The van der Waals surface area contributed by atoms with Crippen molar-refractivity contribution in [3.8, 4) is 0 Å². The van der Waals surface area contributed by atoms with Gasteiger partial charge < -0.3 is 14.7 Å². The predicted molar refractivity (Wildman–Crippen MR) is 99.6 cm³/mol. The molecule has 1 aliphatic heterocycles. The number of carbonyl (C=O) groups excluding carboxylic acids is 1. The molecule has 25 heavy (non-hydrogen) atoms. The van der Waals surface area contributed by atoms with E-state index in [-0.39, 0.29) is 24.2 Å². The van der Waals surface area contributed by atoms with Crippen LogP contribution < -0.4 is 0 Å². The van der Waals surface area contributed by atoms with Gasteiger partial charge in [-0.25, -0.2) is 0 Å². The summed E-state index contributed by atoms with van der Waals surface area (Å²) in [4.78, 5) is 16.8. The standard InChI is InChI=1S/C20H32N2O3/c1-14(2)22(10-15(3)23)20(24)19-8-6-18(7-9-19)13-21-11-16(4)25-17(5)12-21/h6-9,14-17,23H,10-13H2,1-5H3. The molecule has 1 saturated heterocycles. The van der Waals surface area contributed by atoms with Crippen LogP contribution in [0.15, 0.2) is 24.3 Å². The molecule has 1 amide bonds. The summed E-state index contributed by atoms with van der Waals surface area (Å²) >= 11 is 0. The van der Waals surface area contributed by atoms with Gasteiger partial charge in [0, 0.05) is 37.8 Å². The van der Waals surface area contributed by atoms with E-state index in [2.05, 4.69) is 18.7 Å². The van der Waals surface area contributed by atoms with E-state index in [1.54, 1.807) is 11.8 Å². The van der Waals surface area contributed by atoms with Crippen molar-refractivity contribution in [1.29, 1.82) is 0 Å². The molecule has 0 bridgehead atoms. The fourth-order valence-electron chi connectivity index (χ4n) is 3.40. The minimum atomic E-state index is -0.532. The summed E-state index contributed by atoms with van der Waals surface area (Å²) in [5.41, 5.74) is 1.87. The van der Waals surface area contributed by atoms with Crippen LogP contribution in [0.4, 0.5) is 0 Å². The molecule has 3 atom stereocenters. The molecule has 1 heterocycles. The highest BCUT2D eigenvalue weighted by atomic mass is 16.5. The van der Waals surface area contributed by atoms with E-state index in [1.807, 2.05) is 38.1 Å². The van der Waals surface area contributed by atoms with Crippen LogP contribution in [-0.2, 0) is 11.3 Å². The summed E-state index contributed by atoms with van der Waals surface area (Å²) in [6, 6.07) is 7.89. The molecule has 0 aliphatic carbocycles. The summed E-state index contributed by atoms with van der Waals surface area (Å²) in [5.74, 6) is -0.0314. The molecule has 0 aromatic heterocycles. The quantitative estimate of drug-likeness (QED) is 0.858. The van der Waals surface area contributed by atoms with Crippen molar-refractivity contribution >= 4 is 5.91 Å². The lowest BCUT2D eigenvalue weighted by Gasteiger charge is -2.35. The third-order valence-electron chi connectivity index (χ3n) is 4.45. The van der Waals surface area contributed by atoms with Crippen molar-refractivity contribution in [3.63, 3.8) is 0 Å². The molecule has 5 nitrogen and oxygen atoms in total. The fourth-order valence-corrected chi connectivity index (χ4v) is 3.40.